The van der Waals surface area contributed by atoms with E-state index in [2.05, 4.69) is 20.6 Å². The largest absolute Gasteiger partial charge is 0.382 e. The molecular weight excluding hydrogens is 262 g/mol. The van der Waals surface area contributed by atoms with Gasteiger partial charge in [0.1, 0.15) is 10.7 Å². The third kappa shape index (κ3) is 3.00. The molecule has 0 aliphatic heterocycles. The molecule has 1 amide bonds. The maximum atomic E-state index is 12.1. The zero-order valence-electron chi connectivity index (χ0n) is 10.7. The summed E-state index contributed by atoms with van der Waals surface area (Å²) in [5.41, 5.74) is 6.66. The smallest absolute Gasteiger partial charge is 0.265 e. The predicted molar refractivity (Wildman–Crippen MR) is 76.2 cm³/mol. The molecule has 0 fully saturated rings. The first-order chi connectivity index (χ1) is 9.11. The summed E-state index contributed by atoms with van der Waals surface area (Å²) in [4.78, 5) is 20.6. The van der Waals surface area contributed by atoms with Crippen LogP contribution in [-0.2, 0) is 0 Å². The Morgan fingerprint density at radius 1 is 1.53 bits per heavy atom. The van der Waals surface area contributed by atoms with Crippen LogP contribution in [0.5, 0.6) is 0 Å². The Morgan fingerprint density at radius 3 is 2.89 bits per heavy atom. The summed E-state index contributed by atoms with van der Waals surface area (Å²) in [5, 5.41) is 6.36. The van der Waals surface area contributed by atoms with Crippen LogP contribution in [0.3, 0.4) is 0 Å². The number of aromatic nitrogens is 2. The average Bonchev–Trinajstić information content (AvgIpc) is 2.81. The summed E-state index contributed by atoms with van der Waals surface area (Å²) in [5.74, 6) is 0.0121. The number of thiazole rings is 1. The van der Waals surface area contributed by atoms with E-state index in [0.717, 1.165) is 5.56 Å². The first-order valence-corrected chi connectivity index (χ1v) is 6.58. The molecule has 19 heavy (non-hydrogen) atoms. The number of pyridine rings is 1. The highest BCUT2D eigenvalue weighted by atomic mass is 32.1. The molecule has 2 heterocycles. The third-order valence-electron chi connectivity index (χ3n) is 2.61. The van der Waals surface area contributed by atoms with Crippen LogP contribution in [0.25, 0.3) is 0 Å². The Balaban J connectivity index is 2.10. The Labute approximate surface area is 115 Å². The molecule has 4 N–H and O–H groups in total. The minimum Gasteiger partial charge on any atom is -0.382 e. The van der Waals surface area contributed by atoms with Crippen LogP contribution in [0.2, 0.25) is 0 Å². The lowest BCUT2D eigenvalue weighted by Crippen LogP contribution is -2.26. The van der Waals surface area contributed by atoms with Gasteiger partial charge in [0.25, 0.3) is 5.91 Å². The molecule has 0 saturated carbocycles. The molecule has 0 aliphatic carbocycles. The molecule has 2 aromatic rings. The number of nitrogens with one attached hydrogen (secondary N) is 2. The number of carbonyl (C=O) groups excluding carboxylic acids is 1. The molecule has 1 unspecified atom stereocenters. The standard InChI is InChI=1S/C12H15N5OS/c1-7(8-4-3-5-15-6-8)16-11(18)9-10(13)17-12(14-2)19-9/h3-7H,13H2,1-2H3,(H,14,17)(H,16,18). The average molecular weight is 277 g/mol. The van der Waals surface area contributed by atoms with Gasteiger partial charge < -0.3 is 16.4 Å². The first-order valence-electron chi connectivity index (χ1n) is 5.76. The van der Waals surface area contributed by atoms with E-state index in [9.17, 15) is 4.79 Å². The van der Waals surface area contributed by atoms with Crippen molar-refractivity contribution in [3.63, 3.8) is 0 Å². The van der Waals surface area contributed by atoms with Crippen LogP contribution >= 0.6 is 11.3 Å². The van der Waals surface area contributed by atoms with E-state index in [1.165, 1.54) is 11.3 Å². The van der Waals surface area contributed by atoms with Gasteiger partial charge in [-0.3, -0.25) is 9.78 Å². The van der Waals surface area contributed by atoms with Crippen LogP contribution in [0.1, 0.15) is 28.2 Å². The number of nitrogens with two attached hydrogens (primary N) is 1. The molecule has 100 valence electrons. The third-order valence-corrected chi connectivity index (χ3v) is 3.69. The van der Waals surface area contributed by atoms with Gasteiger partial charge in [0.05, 0.1) is 6.04 Å². The minimum absolute atomic E-state index is 0.138. The van der Waals surface area contributed by atoms with Crippen LogP contribution in [0, 0.1) is 0 Å². The Kier molecular flexibility index (Phi) is 3.96. The molecule has 6 nitrogen and oxygen atoms in total. The summed E-state index contributed by atoms with van der Waals surface area (Å²) < 4.78 is 0. The van der Waals surface area contributed by atoms with Crippen molar-refractivity contribution in [3.05, 3.63) is 35.0 Å². The fourth-order valence-corrected chi connectivity index (χ4v) is 2.32. The van der Waals surface area contributed by atoms with Crippen molar-refractivity contribution in [2.75, 3.05) is 18.1 Å². The fourth-order valence-electron chi connectivity index (χ4n) is 1.58. The summed E-state index contributed by atoms with van der Waals surface area (Å²) in [7, 11) is 1.73. The van der Waals surface area contributed by atoms with Gasteiger partial charge in [0, 0.05) is 19.4 Å². The van der Waals surface area contributed by atoms with Crippen LogP contribution in [0.4, 0.5) is 10.9 Å². The first kappa shape index (κ1) is 13.3. The summed E-state index contributed by atoms with van der Waals surface area (Å²) >= 11 is 1.23. The molecule has 0 bridgehead atoms. The van der Waals surface area contributed by atoms with Crippen molar-refractivity contribution < 1.29 is 4.79 Å². The number of rotatable bonds is 4. The van der Waals surface area contributed by atoms with Crippen molar-refractivity contribution in [1.29, 1.82) is 0 Å². The van der Waals surface area contributed by atoms with Crippen LogP contribution in [0.15, 0.2) is 24.5 Å². The van der Waals surface area contributed by atoms with E-state index in [1.54, 1.807) is 19.4 Å². The second-order valence-corrected chi connectivity index (χ2v) is 4.96. The highest BCUT2D eigenvalue weighted by Gasteiger charge is 2.18. The van der Waals surface area contributed by atoms with Gasteiger partial charge in [-0.1, -0.05) is 17.4 Å². The van der Waals surface area contributed by atoms with Gasteiger partial charge in [0.2, 0.25) is 0 Å². The lowest BCUT2D eigenvalue weighted by atomic mass is 10.1. The Morgan fingerprint density at radius 2 is 2.32 bits per heavy atom. The van der Waals surface area contributed by atoms with E-state index in [4.69, 9.17) is 5.73 Å². The van der Waals surface area contributed by atoms with Gasteiger partial charge in [-0.25, -0.2) is 4.98 Å². The SMILES string of the molecule is CNc1nc(N)c(C(=O)NC(C)c2cccnc2)s1. The van der Waals surface area contributed by atoms with Crippen molar-refractivity contribution in [1.82, 2.24) is 15.3 Å². The number of amides is 1. The van der Waals surface area contributed by atoms with E-state index in [-0.39, 0.29) is 17.8 Å². The molecule has 2 rings (SSSR count). The quantitative estimate of drug-likeness (QED) is 0.790. The summed E-state index contributed by atoms with van der Waals surface area (Å²) in [6, 6.07) is 3.60. The van der Waals surface area contributed by atoms with Crippen LogP contribution < -0.4 is 16.4 Å². The second kappa shape index (κ2) is 5.66. The van der Waals surface area contributed by atoms with Gasteiger partial charge in [-0.2, -0.15) is 0 Å². The zero-order chi connectivity index (χ0) is 13.8. The van der Waals surface area contributed by atoms with Crippen molar-refractivity contribution in [3.8, 4) is 0 Å². The molecule has 1 atom stereocenters. The monoisotopic (exact) mass is 277 g/mol. The Hall–Kier alpha value is -2.15. The maximum absolute atomic E-state index is 12.1. The van der Waals surface area contributed by atoms with Gasteiger partial charge in [-0.15, -0.1) is 0 Å². The van der Waals surface area contributed by atoms with E-state index in [1.807, 2.05) is 19.1 Å². The Bertz CT molecular complexity index is 569. The van der Waals surface area contributed by atoms with Gasteiger partial charge >= 0.3 is 0 Å². The number of hydrogen-bond donors (Lipinski definition) is 3. The highest BCUT2D eigenvalue weighted by molar-refractivity contribution is 7.18. The normalized spacial score (nSPS) is 11.9. The molecule has 2 aromatic heterocycles. The number of hydrogen-bond acceptors (Lipinski definition) is 6. The van der Waals surface area contributed by atoms with Gasteiger partial charge in [-0.05, 0) is 18.6 Å². The lowest BCUT2D eigenvalue weighted by Gasteiger charge is -2.12. The molecule has 0 radical (unpaired) electrons. The number of carbonyl (C=O) groups is 1. The van der Waals surface area contributed by atoms with Crippen molar-refractivity contribution in [2.24, 2.45) is 0 Å². The molecular formula is C12H15N5OS. The van der Waals surface area contributed by atoms with Crippen molar-refractivity contribution in [2.45, 2.75) is 13.0 Å². The highest BCUT2D eigenvalue weighted by Crippen LogP contribution is 2.25. The van der Waals surface area contributed by atoms with E-state index in [0.29, 0.717) is 10.0 Å². The number of nitrogens with zero attached hydrogens (tertiary/aromatic N) is 2. The maximum Gasteiger partial charge on any atom is 0.265 e. The molecule has 7 heteroatoms. The molecule has 0 spiro atoms. The minimum atomic E-state index is -0.229. The molecule has 0 saturated heterocycles. The fraction of sp³-hybridized carbons (Fsp3) is 0.250. The second-order valence-electron chi connectivity index (χ2n) is 3.96. The number of anilines is 2. The van der Waals surface area contributed by atoms with Gasteiger partial charge in [0.15, 0.2) is 5.13 Å². The van der Waals surface area contributed by atoms with E-state index < -0.39 is 0 Å². The van der Waals surface area contributed by atoms with E-state index >= 15 is 0 Å². The topological polar surface area (TPSA) is 92.9 Å². The lowest BCUT2D eigenvalue weighted by molar-refractivity contribution is 0.0944. The molecule has 0 aliphatic rings. The summed E-state index contributed by atoms with van der Waals surface area (Å²) in [6.07, 6.45) is 3.42. The predicted octanol–water partition coefficient (Wildman–Crippen LogP) is 1.65. The molecule has 0 aromatic carbocycles. The zero-order valence-corrected chi connectivity index (χ0v) is 11.5. The van der Waals surface area contributed by atoms with Crippen LogP contribution in [-0.4, -0.2) is 22.9 Å². The van der Waals surface area contributed by atoms with Crippen molar-refractivity contribution >= 4 is 28.2 Å². The number of nitrogen functional groups attached to an aromatic ring is 1. The summed E-state index contributed by atoms with van der Waals surface area (Å²) in [6.45, 7) is 1.89.